The van der Waals surface area contributed by atoms with Crippen molar-refractivity contribution in [2.24, 2.45) is 5.41 Å². The average Bonchev–Trinajstić information content (AvgIpc) is 2.59. The van der Waals surface area contributed by atoms with Crippen molar-refractivity contribution in [2.45, 2.75) is 78.0 Å². The first-order chi connectivity index (χ1) is 9.01. The van der Waals surface area contributed by atoms with Crippen LogP contribution in [0.25, 0.3) is 0 Å². The van der Waals surface area contributed by atoms with Crippen LogP contribution in [-0.4, -0.2) is 47.6 Å². The molecule has 2 fully saturated rings. The summed E-state index contributed by atoms with van der Waals surface area (Å²) < 4.78 is 22.3. The van der Waals surface area contributed by atoms with Crippen molar-refractivity contribution in [2.75, 3.05) is 0 Å². The van der Waals surface area contributed by atoms with Crippen molar-refractivity contribution >= 4 is 5.97 Å². The molecule has 2 aliphatic rings. The molecule has 0 saturated carbocycles. The summed E-state index contributed by atoms with van der Waals surface area (Å²) >= 11 is 0. The normalized spacial score (nSPS) is 40.2. The predicted octanol–water partition coefficient (Wildman–Crippen LogP) is 1.20. The molecule has 2 rings (SSSR count). The van der Waals surface area contributed by atoms with E-state index < -0.39 is 35.7 Å². The zero-order chi connectivity index (χ0) is 15.3. The van der Waals surface area contributed by atoms with Gasteiger partial charge in [-0.3, -0.25) is 4.79 Å². The van der Waals surface area contributed by atoms with Crippen molar-refractivity contribution in [3.05, 3.63) is 0 Å². The van der Waals surface area contributed by atoms with Crippen molar-refractivity contribution in [1.82, 2.24) is 0 Å². The van der Waals surface area contributed by atoms with Gasteiger partial charge in [0.1, 0.15) is 12.2 Å². The minimum atomic E-state index is -1.21. The first kappa shape index (κ1) is 15.7. The Morgan fingerprint density at radius 2 is 1.75 bits per heavy atom. The second kappa shape index (κ2) is 4.94. The maximum Gasteiger partial charge on any atom is 0.311 e. The summed E-state index contributed by atoms with van der Waals surface area (Å²) in [6, 6.07) is 0. The highest BCUT2D eigenvalue weighted by atomic mass is 16.8. The van der Waals surface area contributed by atoms with E-state index in [1.165, 1.54) is 0 Å². The van der Waals surface area contributed by atoms with Crippen molar-refractivity contribution < 1.29 is 28.8 Å². The third-order valence-electron chi connectivity index (χ3n) is 3.44. The van der Waals surface area contributed by atoms with E-state index in [9.17, 15) is 9.90 Å². The SMILES string of the molecule is C[C@H]1OC(O)[C@H](OC(=O)C(C)(C)C)[C@H]2OC(C)(C)O[C@H]21. The number of hydrogen-bond donors (Lipinski definition) is 1. The summed E-state index contributed by atoms with van der Waals surface area (Å²) in [4.78, 5) is 12.0. The Morgan fingerprint density at radius 1 is 1.20 bits per heavy atom. The molecule has 2 aliphatic heterocycles. The Bertz CT molecular complexity index is 386. The van der Waals surface area contributed by atoms with Gasteiger partial charge in [0, 0.05) is 0 Å². The number of esters is 1. The van der Waals surface area contributed by atoms with Crippen LogP contribution in [0.15, 0.2) is 0 Å². The summed E-state index contributed by atoms with van der Waals surface area (Å²) in [6.07, 6.45) is -3.33. The zero-order valence-corrected chi connectivity index (χ0v) is 12.9. The fourth-order valence-corrected chi connectivity index (χ4v) is 2.40. The van der Waals surface area contributed by atoms with Crippen molar-refractivity contribution in [1.29, 1.82) is 0 Å². The van der Waals surface area contributed by atoms with E-state index >= 15 is 0 Å². The highest BCUT2D eigenvalue weighted by Crippen LogP contribution is 2.38. The van der Waals surface area contributed by atoms with Crippen LogP contribution in [0.3, 0.4) is 0 Å². The van der Waals surface area contributed by atoms with Crippen LogP contribution in [0.1, 0.15) is 41.5 Å². The molecule has 5 atom stereocenters. The largest absolute Gasteiger partial charge is 0.454 e. The van der Waals surface area contributed by atoms with E-state index in [4.69, 9.17) is 18.9 Å². The molecule has 0 radical (unpaired) electrons. The lowest BCUT2D eigenvalue weighted by Crippen LogP contribution is -2.57. The molecule has 2 heterocycles. The van der Waals surface area contributed by atoms with Crippen molar-refractivity contribution in [3.63, 3.8) is 0 Å². The van der Waals surface area contributed by atoms with Crippen LogP contribution < -0.4 is 0 Å². The summed E-state index contributed by atoms with van der Waals surface area (Å²) in [5.41, 5.74) is -0.659. The topological polar surface area (TPSA) is 74.2 Å². The Labute approximate surface area is 119 Å². The van der Waals surface area contributed by atoms with Gasteiger partial charge in [0.15, 0.2) is 18.2 Å². The number of carbonyl (C=O) groups is 1. The smallest absolute Gasteiger partial charge is 0.311 e. The highest BCUT2D eigenvalue weighted by molar-refractivity contribution is 5.75. The van der Waals surface area contributed by atoms with Gasteiger partial charge in [-0.05, 0) is 41.5 Å². The molecule has 20 heavy (non-hydrogen) atoms. The van der Waals surface area contributed by atoms with E-state index in [1.54, 1.807) is 41.5 Å². The number of carbonyl (C=O) groups excluding carboxylic acids is 1. The Kier molecular flexibility index (Phi) is 3.88. The van der Waals surface area contributed by atoms with E-state index in [1.807, 2.05) is 0 Å². The Morgan fingerprint density at radius 3 is 2.30 bits per heavy atom. The summed E-state index contributed by atoms with van der Waals surface area (Å²) in [6.45, 7) is 10.6. The number of ether oxygens (including phenoxy) is 4. The molecule has 2 saturated heterocycles. The molecule has 1 unspecified atom stereocenters. The molecule has 6 heteroatoms. The van der Waals surface area contributed by atoms with Crippen LogP contribution in [0.2, 0.25) is 0 Å². The summed E-state index contributed by atoms with van der Waals surface area (Å²) in [5.74, 6) is -1.20. The highest BCUT2D eigenvalue weighted by Gasteiger charge is 2.55. The molecule has 0 spiro atoms. The fraction of sp³-hybridized carbons (Fsp3) is 0.929. The van der Waals surface area contributed by atoms with Gasteiger partial charge >= 0.3 is 5.97 Å². The van der Waals surface area contributed by atoms with Crippen LogP contribution in [0.4, 0.5) is 0 Å². The number of rotatable bonds is 1. The molecule has 6 nitrogen and oxygen atoms in total. The van der Waals surface area contributed by atoms with Crippen LogP contribution in [-0.2, 0) is 23.7 Å². The average molecular weight is 288 g/mol. The number of fused-ring (bicyclic) bond motifs is 1. The minimum Gasteiger partial charge on any atom is -0.454 e. The van der Waals surface area contributed by atoms with Gasteiger partial charge in [-0.2, -0.15) is 0 Å². The van der Waals surface area contributed by atoms with Gasteiger partial charge < -0.3 is 24.1 Å². The molecule has 1 N–H and O–H groups in total. The molecular formula is C14H24O6. The van der Waals surface area contributed by atoms with Crippen LogP contribution in [0, 0.1) is 5.41 Å². The van der Waals surface area contributed by atoms with E-state index in [0.29, 0.717) is 0 Å². The van der Waals surface area contributed by atoms with E-state index in [2.05, 4.69) is 0 Å². The number of aliphatic hydroxyl groups excluding tert-OH is 1. The lowest BCUT2D eigenvalue weighted by Gasteiger charge is -2.39. The molecular weight excluding hydrogens is 264 g/mol. The molecule has 0 aliphatic carbocycles. The quantitative estimate of drug-likeness (QED) is 0.731. The molecule has 0 bridgehead atoms. The van der Waals surface area contributed by atoms with Gasteiger partial charge in [-0.25, -0.2) is 0 Å². The monoisotopic (exact) mass is 288 g/mol. The van der Waals surface area contributed by atoms with E-state index in [0.717, 1.165) is 0 Å². The second-order valence-corrected chi connectivity index (χ2v) is 6.92. The number of hydrogen-bond acceptors (Lipinski definition) is 6. The predicted molar refractivity (Wildman–Crippen MR) is 69.7 cm³/mol. The lowest BCUT2D eigenvalue weighted by molar-refractivity contribution is -0.264. The maximum absolute atomic E-state index is 12.0. The van der Waals surface area contributed by atoms with Gasteiger partial charge in [0.05, 0.1) is 11.5 Å². The Balaban J connectivity index is 2.17. The van der Waals surface area contributed by atoms with E-state index in [-0.39, 0.29) is 12.2 Å². The third-order valence-corrected chi connectivity index (χ3v) is 3.44. The number of aliphatic hydroxyl groups is 1. The fourth-order valence-electron chi connectivity index (χ4n) is 2.40. The zero-order valence-electron chi connectivity index (χ0n) is 12.9. The second-order valence-electron chi connectivity index (χ2n) is 6.92. The molecule has 0 aromatic carbocycles. The summed E-state index contributed by atoms with van der Waals surface area (Å²) in [7, 11) is 0. The van der Waals surface area contributed by atoms with Crippen LogP contribution in [0.5, 0.6) is 0 Å². The first-order valence-corrected chi connectivity index (χ1v) is 6.91. The van der Waals surface area contributed by atoms with Gasteiger partial charge in [-0.1, -0.05) is 0 Å². The minimum absolute atomic E-state index is 0.332. The maximum atomic E-state index is 12.0. The van der Waals surface area contributed by atoms with Gasteiger partial charge in [0.25, 0.3) is 0 Å². The first-order valence-electron chi connectivity index (χ1n) is 6.91. The third kappa shape index (κ3) is 2.98. The molecule has 0 aromatic rings. The molecule has 0 amide bonds. The van der Waals surface area contributed by atoms with Crippen molar-refractivity contribution in [3.8, 4) is 0 Å². The van der Waals surface area contributed by atoms with Gasteiger partial charge in [-0.15, -0.1) is 0 Å². The standard InChI is InChI=1S/C14H24O6/c1-7-8-9(20-14(5,6)19-8)10(11(15)17-7)18-12(16)13(2,3)4/h7-11,15H,1-6H3/t7-,8+,9+,10-,11?/m1/s1. The summed E-state index contributed by atoms with van der Waals surface area (Å²) in [5, 5.41) is 10.0. The Hall–Kier alpha value is -0.690. The van der Waals surface area contributed by atoms with Crippen LogP contribution >= 0.6 is 0 Å². The molecule has 116 valence electrons. The molecule has 0 aromatic heterocycles. The lowest BCUT2D eigenvalue weighted by atomic mass is 9.96. The van der Waals surface area contributed by atoms with Gasteiger partial charge in [0.2, 0.25) is 0 Å².